The molecule has 39 heavy (non-hydrogen) atoms. The van der Waals surface area contributed by atoms with Crippen molar-refractivity contribution in [2.75, 3.05) is 36.0 Å². The highest BCUT2D eigenvalue weighted by molar-refractivity contribution is 5.96. The number of carbonyl (C=O) groups is 1. The van der Waals surface area contributed by atoms with Crippen molar-refractivity contribution in [2.24, 2.45) is 5.41 Å². The van der Waals surface area contributed by atoms with E-state index in [2.05, 4.69) is 15.0 Å². The van der Waals surface area contributed by atoms with E-state index in [0.717, 1.165) is 31.5 Å². The van der Waals surface area contributed by atoms with E-state index in [0.29, 0.717) is 62.6 Å². The lowest BCUT2D eigenvalue weighted by molar-refractivity contribution is -0.141. The summed E-state index contributed by atoms with van der Waals surface area (Å²) in [7, 11) is 0. The third-order valence-corrected chi connectivity index (χ3v) is 8.21. The summed E-state index contributed by atoms with van der Waals surface area (Å²) < 4.78 is 48.8. The van der Waals surface area contributed by atoms with Crippen molar-refractivity contribution in [3.8, 4) is 0 Å². The second kappa shape index (κ2) is 9.61. The number of halogens is 3. The molecule has 1 amide bonds. The molecule has 3 aliphatic rings. The second-order valence-corrected chi connectivity index (χ2v) is 10.6. The van der Waals surface area contributed by atoms with E-state index in [9.17, 15) is 22.8 Å². The van der Waals surface area contributed by atoms with Crippen LogP contribution in [-0.2, 0) is 22.3 Å². The van der Waals surface area contributed by atoms with Gasteiger partial charge in [-0.2, -0.15) is 23.3 Å². The predicted octanol–water partition coefficient (Wildman–Crippen LogP) is 3.75. The minimum Gasteiger partial charge on any atom is -0.356 e. The number of alkyl halides is 3. The fraction of sp³-hybridized carbons (Fsp3) is 0.577. The zero-order chi connectivity index (χ0) is 27.4. The molecule has 0 aliphatic carbocycles. The smallest absolute Gasteiger partial charge is 0.356 e. The summed E-state index contributed by atoms with van der Waals surface area (Å²) in [5.41, 5.74) is -0.798. The van der Waals surface area contributed by atoms with Crippen LogP contribution in [0, 0.1) is 5.41 Å². The Bertz CT molecular complexity index is 1450. The van der Waals surface area contributed by atoms with Crippen molar-refractivity contribution < 1.29 is 22.7 Å². The molecule has 3 fully saturated rings. The highest BCUT2D eigenvalue weighted by atomic mass is 19.4. The van der Waals surface area contributed by atoms with Crippen LogP contribution in [0.3, 0.4) is 0 Å². The predicted molar refractivity (Wildman–Crippen MR) is 136 cm³/mol. The number of nitrogens with zero attached hydrogens (tertiary/aromatic N) is 7. The van der Waals surface area contributed by atoms with Gasteiger partial charge in [-0.1, -0.05) is 0 Å². The number of pyridine rings is 1. The van der Waals surface area contributed by atoms with Gasteiger partial charge in [0.15, 0.2) is 11.9 Å². The van der Waals surface area contributed by atoms with Gasteiger partial charge in [0.1, 0.15) is 11.1 Å². The first-order valence-electron chi connectivity index (χ1n) is 13.4. The number of amides is 1. The molecule has 0 saturated carbocycles. The highest BCUT2D eigenvalue weighted by Gasteiger charge is 2.46. The molecule has 0 radical (unpaired) electrons. The number of piperidine rings is 1. The first-order valence-corrected chi connectivity index (χ1v) is 13.4. The van der Waals surface area contributed by atoms with Crippen molar-refractivity contribution in [3.05, 3.63) is 40.6 Å². The zero-order valence-corrected chi connectivity index (χ0v) is 21.7. The Morgan fingerprint density at radius 1 is 1.18 bits per heavy atom. The molecule has 3 aliphatic heterocycles. The van der Waals surface area contributed by atoms with E-state index in [1.807, 2.05) is 6.92 Å². The molecular weight excluding hydrogens is 515 g/mol. The van der Waals surface area contributed by atoms with Crippen LogP contribution >= 0.6 is 0 Å². The van der Waals surface area contributed by atoms with Crippen molar-refractivity contribution in [2.45, 2.75) is 64.4 Å². The Hall–Kier alpha value is -3.48. The number of fused-ring (bicyclic) bond motifs is 1. The average Bonchev–Trinajstić information content (AvgIpc) is 3.50. The molecule has 10 nitrogen and oxygen atoms in total. The van der Waals surface area contributed by atoms with Crippen LogP contribution in [0.5, 0.6) is 0 Å². The fourth-order valence-electron chi connectivity index (χ4n) is 6.05. The molecule has 0 N–H and O–H groups in total. The highest BCUT2D eigenvalue weighted by Crippen LogP contribution is 2.44. The maximum absolute atomic E-state index is 13.4. The van der Waals surface area contributed by atoms with Gasteiger partial charge in [-0.3, -0.25) is 19.1 Å². The number of ether oxygens (including phenoxy) is 1. The van der Waals surface area contributed by atoms with Crippen LogP contribution in [0.15, 0.2) is 29.3 Å². The lowest BCUT2D eigenvalue weighted by atomic mass is 9.77. The third-order valence-electron chi connectivity index (χ3n) is 8.21. The van der Waals surface area contributed by atoms with Crippen molar-refractivity contribution in [1.82, 2.24) is 24.3 Å². The number of anilines is 2. The minimum absolute atomic E-state index is 0.153. The third kappa shape index (κ3) is 4.56. The molecule has 6 rings (SSSR count). The van der Waals surface area contributed by atoms with Crippen molar-refractivity contribution >= 4 is 28.6 Å². The molecule has 0 bridgehead atoms. The standard InChI is InChI=1S/C26H30F3N7O3/c1-2-34-23(38)18-15-31-36(21-5-3-4-12-39-21)22(18)32-24(34)33-10-7-25(8-11-33)14-20(37)35(16-25)17-6-9-30-19(13-17)26(27,28)29/h6,9,13,15,21H,2-5,7-8,10-12,14,16H2,1H3. The lowest BCUT2D eigenvalue weighted by Crippen LogP contribution is -2.44. The SMILES string of the molecule is CCn1c(N2CCC3(CC2)CC(=O)N(c2ccnc(C(F)(F)F)c2)C3)nc2c(cnn2C2CCCCO2)c1=O. The second-order valence-electron chi connectivity index (χ2n) is 10.6. The molecule has 6 heterocycles. The van der Waals surface area contributed by atoms with E-state index in [1.165, 1.54) is 11.0 Å². The Morgan fingerprint density at radius 3 is 2.67 bits per heavy atom. The van der Waals surface area contributed by atoms with Gasteiger partial charge in [0.2, 0.25) is 11.9 Å². The number of rotatable bonds is 4. The Morgan fingerprint density at radius 2 is 1.97 bits per heavy atom. The maximum atomic E-state index is 13.4. The monoisotopic (exact) mass is 545 g/mol. The normalized spacial score (nSPS) is 21.8. The summed E-state index contributed by atoms with van der Waals surface area (Å²) in [6.07, 6.45) is 2.21. The summed E-state index contributed by atoms with van der Waals surface area (Å²) in [5, 5.41) is 4.90. The van der Waals surface area contributed by atoms with E-state index < -0.39 is 11.9 Å². The van der Waals surface area contributed by atoms with Crippen LogP contribution in [-0.4, -0.2) is 56.5 Å². The number of hydrogen-bond acceptors (Lipinski definition) is 7. The summed E-state index contributed by atoms with van der Waals surface area (Å²) in [5.74, 6) is 0.372. The van der Waals surface area contributed by atoms with Gasteiger partial charge >= 0.3 is 6.18 Å². The zero-order valence-electron chi connectivity index (χ0n) is 21.7. The van der Waals surface area contributed by atoms with Gasteiger partial charge in [0, 0.05) is 56.5 Å². The van der Waals surface area contributed by atoms with E-state index in [4.69, 9.17) is 9.72 Å². The molecule has 1 unspecified atom stereocenters. The quantitative estimate of drug-likeness (QED) is 0.493. The molecule has 3 aromatic heterocycles. The van der Waals surface area contributed by atoms with E-state index >= 15 is 0 Å². The van der Waals surface area contributed by atoms with Crippen LogP contribution in [0.2, 0.25) is 0 Å². The molecular formula is C26H30F3N7O3. The average molecular weight is 546 g/mol. The van der Waals surface area contributed by atoms with Gasteiger partial charge in [-0.25, -0.2) is 4.68 Å². The van der Waals surface area contributed by atoms with Gasteiger partial charge in [-0.15, -0.1) is 0 Å². The largest absolute Gasteiger partial charge is 0.433 e. The number of aromatic nitrogens is 5. The van der Waals surface area contributed by atoms with Gasteiger partial charge in [0.05, 0.1) is 6.20 Å². The van der Waals surface area contributed by atoms with Gasteiger partial charge in [0.25, 0.3) is 5.56 Å². The van der Waals surface area contributed by atoms with E-state index in [1.54, 1.807) is 15.4 Å². The van der Waals surface area contributed by atoms with E-state index in [-0.39, 0.29) is 35.2 Å². The fourth-order valence-corrected chi connectivity index (χ4v) is 6.05. The van der Waals surface area contributed by atoms with Crippen LogP contribution in [0.1, 0.15) is 57.4 Å². The number of hydrogen-bond donors (Lipinski definition) is 0. The molecule has 3 saturated heterocycles. The molecule has 0 aromatic carbocycles. The Balaban J connectivity index is 1.24. The van der Waals surface area contributed by atoms with Gasteiger partial charge < -0.3 is 14.5 Å². The summed E-state index contributed by atoms with van der Waals surface area (Å²) >= 11 is 0. The van der Waals surface area contributed by atoms with Crippen molar-refractivity contribution in [3.63, 3.8) is 0 Å². The molecule has 1 spiro atoms. The first-order chi connectivity index (χ1) is 18.7. The lowest BCUT2D eigenvalue weighted by Gasteiger charge is -2.39. The maximum Gasteiger partial charge on any atom is 0.433 e. The first kappa shape index (κ1) is 25.8. The van der Waals surface area contributed by atoms with Gasteiger partial charge in [-0.05, 0) is 51.2 Å². The molecule has 1 atom stereocenters. The summed E-state index contributed by atoms with van der Waals surface area (Å²) in [6, 6.07) is 2.38. The number of carbonyl (C=O) groups excluding carboxylic acids is 1. The Kier molecular flexibility index (Phi) is 6.35. The molecule has 13 heteroatoms. The minimum atomic E-state index is -4.58. The molecule has 208 valence electrons. The Labute approximate surface area is 222 Å². The van der Waals surface area contributed by atoms with Crippen LogP contribution in [0.25, 0.3) is 11.0 Å². The molecule has 3 aromatic rings. The van der Waals surface area contributed by atoms with Crippen molar-refractivity contribution in [1.29, 1.82) is 0 Å². The van der Waals surface area contributed by atoms with Crippen LogP contribution < -0.4 is 15.4 Å². The summed E-state index contributed by atoms with van der Waals surface area (Å²) in [6.45, 7) is 4.47. The topological polar surface area (TPSA) is 98.4 Å². The summed E-state index contributed by atoms with van der Waals surface area (Å²) in [4.78, 5) is 38.2. The van der Waals surface area contributed by atoms with Crippen LogP contribution in [0.4, 0.5) is 24.8 Å².